The van der Waals surface area contributed by atoms with Crippen LogP contribution >= 0.6 is 0 Å². The summed E-state index contributed by atoms with van der Waals surface area (Å²) in [5.41, 5.74) is -0.0443. The quantitative estimate of drug-likeness (QED) is 0.853. The van der Waals surface area contributed by atoms with Crippen LogP contribution < -0.4 is 0 Å². The van der Waals surface area contributed by atoms with Gasteiger partial charge in [0.05, 0.1) is 5.56 Å². The number of rotatable bonds is 3. The van der Waals surface area contributed by atoms with Crippen molar-refractivity contribution in [3.8, 4) is 0 Å². The molecule has 0 radical (unpaired) electrons. The second kappa shape index (κ2) is 6.19. The predicted octanol–water partition coefficient (Wildman–Crippen LogP) is 3.16. The lowest BCUT2D eigenvalue weighted by Crippen LogP contribution is -2.37. The lowest BCUT2D eigenvalue weighted by molar-refractivity contribution is 0.0721. The lowest BCUT2D eigenvalue weighted by Gasteiger charge is -2.27. The summed E-state index contributed by atoms with van der Waals surface area (Å²) in [6.07, 6.45) is 4.34. The molecule has 3 nitrogen and oxygen atoms in total. The summed E-state index contributed by atoms with van der Waals surface area (Å²) in [5.74, 6) is -0.488. The monoisotopic (exact) mass is 322 g/mol. The number of carbonyl (C=O) groups is 1. The van der Waals surface area contributed by atoms with Gasteiger partial charge in [0.1, 0.15) is 11.6 Å². The van der Waals surface area contributed by atoms with Gasteiger partial charge in [0, 0.05) is 25.2 Å². The Bertz CT molecular complexity index is 591. The molecule has 4 atom stereocenters. The van der Waals surface area contributed by atoms with E-state index in [1.54, 1.807) is 11.9 Å². The van der Waals surface area contributed by atoms with Crippen LogP contribution in [0.4, 0.5) is 8.78 Å². The Morgan fingerprint density at radius 1 is 1.00 bits per heavy atom. The van der Waals surface area contributed by atoms with Crippen LogP contribution in [0.1, 0.15) is 36.0 Å². The Kier molecular flexibility index (Phi) is 4.41. The molecule has 23 heavy (non-hydrogen) atoms. The molecule has 3 rings (SSSR count). The molecule has 2 saturated carbocycles. The molecule has 126 valence electrons. The van der Waals surface area contributed by atoms with E-state index in [4.69, 9.17) is 0 Å². The van der Waals surface area contributed by atoms with E-state index in [0.29, 0.717) is 17.9 Å². The average Bonchev–Trinajstić information content (AvgIpc) is 3.04. The fourth-order valence-electron chi connectivity index (χ4n) is 4.31. The van der Waals surface area contributed by atoms with Crippen molar-refractivity contribution in [3.05, 3.63) is 35.4 Å². The zero-order valence-corrected chi connectivity index (χ0v) is 13.9. The van der Waals surface area contributed by atoms with E-state index in [9.17, 15) is 13.6 Å². The first kappa shape index (κ1) is 16.4. The Hall–Kier alpha value is -1.49. The van der Waals surface area contributed by atoms with Crippen molar-refractivity contribution in [1.82, 2.24) is 9.80 Å². The van der Waals surface area contributed by atoms with Gasteiger partial charge in [-0.1, -0.05) is 0 Å². The third-order valence-electron chi connectivity index (χ3n) is 5.73. The van der Waals surface area contributed by atoms with Crippen LogP contribution in [0, 0.1) is 23.5 Å². The highest BCUT2D eigenvalue weighted by atomic mass is 19.1. The first-order valence-electron chi connectivity index (χ1n) is 8.25. The number of benzene rings is 1. The number of hydrogen-bond acceptors (Lipinski definition) is 2. The van der Waals surface area contributed by atoms with Crippen molar-refractivity contribution in [1.29, 1.82) is 0 Å². The number of fused-ring (bicyclic) bond motifs is 1. The van der Waals surface area contributed by atoms with Crippen molar-refractivity contribution in [2.24, 2.45) is 11.8 Å². The standard InChI is InChI=1S/C18H24F2N2O/c1-21(2)14-6-11-8-15(9-12(11)7-14)22(3)18(23)16-5-4-13(19)10-17(16)20/h4-5,10-12,14-15H,6-9H2,1-3H3/t11-,12+,14?,15?. The summed E-state index contributed by atoms with van der Waals surface area (Å²) in [7, 11) is 5.98. The topological polar surface area (TPSA) is 23.6 Å². The minimum Gasteiger partial charge on any atom is -0.339 e. The third kappa shape index (κ3) is 3.11. The Labute approximate surface area is 136 Å². The molecule has 2 fully saturated rings. The van der Waals surface area contributed by atoms with Gasteiger partial charge in [0.2, 0.25) is 0 Å². The van der Waals surface area contributed by atoms with Crippen molar-refractivity contribution < 1.29 is 13.6 Å². The van der Waals surface area contributed by atoms with Gasteiger partial charge in [-0.2, -0.15) is 0 Å². The highest BCUT2D eigenvalue weighted by molar-refractivity contribution is 5.94. The molecule has 5 heteroatoms. The molecule has 1 amide bonds. The van der Waals surface area contributed by atoms with Crippen LogP contribution in [0.15, 0.2) is 18.2 Å². The molecular weight excluding hydrogens is 298 g/mol. The summed E-state index contributed by atoms with van der Waals surface area (Å²) in [6.45, 7) is 0. The highest BCUT2D eigenvalue weighted by Crippen LogP contribution is 2.46. The van der Waals surface area contributed by atoms with Gasteiger partial charge in [-0.15, -0.1) is 0 Å². The summed E-state index contributed by atoms with van der Waals surface area (Å²) in [6, 6.07) is 3.94. The van der Waals surface area contributed by atoms with Crippen LogP contribution in [0.3, 0.4) is 0 Å². The van der Waals surface area contributed by atoms with E-state index in [2.05, 4.69) is 19.0 Å². The molecule has 0 aliphatic heterocycles. The summed E-state index contributed by atoms with van der Waals surface area (Å²) in [4.78, 5) is 16.5. The molecule has 2 aliphatic rings. The molecule has 1 aromatic carbocycles. The van der Waals surface area contributed by atoms with Crippen LogP contribution in [0.25, 0.3) is 0 Å². The Morgan fingerprint density at radius 2 is 1.57 bits per heavy atom. The molecular formula is C18H24F2N2O. The summed E-state index contributed by atoms with van der Waals surface area (Å²) < 4.78 is 26.8. The fraction of sp³-hybridized carbons (Fsp3) is 0.611. The van der Waals surface area contributed by atoms with Gasteiger partial charge in [-0.25, -0.2) is 8.78 Å². The average molecular weight is 322 g/mol. The maximum absolute atomic E-state index is 13.8. The van der Waals surface area contributed by atoms with Gasteiger partial charge in [-0.3, -0.25) is 4.79 Å². The molecule has 0 bridgehead atoms. The first-order chi connectivity index (χ1) is 10.9. The smallest absolute Gasteiger partial charge is 0.256 e. The van der Waals surface area contributed by atoms with Crippen molar-refractivity contribution in [3.63, 3.8) is 0 Å². The SMILES string of the molecule is CN(C)C1C[C@@H]2CC(N(C)C(=O)c3ccc(F)cc3F)C[C@@H]2C1. The minimum atomic E-state index is -0.785. The second-order valence-corrected chi connectivity index (χ2v) is 7.27. The maximum Gasteiger partial charge on any atom is 0.256 e. The van der Waals surface area contributed by atoms with Gasteiger partial charge in [0.25, 0.3) is 5.91 Å². The van der Waals surface area contributed by atoms with Gasteiger partial charge < -0.3 is 9.80 Å². The number of amides is 1. The van der Waals surface area contributed by atoms with E-state index in [0.717, 1.165) is 25.0 Å². The normalized spacial score (nSPS) is 29.8. The van der Waals surface area contributed by atoms with E-state index in [1.807, 2.05) is 0 Å². The molecule has 0 heterocycles. The van der Waals surface area contributed by atoms with Gasteiger partial charge in [-0.05, 0) is 63.7 Å². The van der Waals surface area contributed by atoms with Crippen LogP contribution in [0.5, 0.6) is 0 Å². The molecule has 1 aromatic rings. The zero-order valence-electron chi connectivity index (χ0n) is 13.9. The van der Waals surface area contributed by atoms with Gasteiger partial charge >= 0.3 is 0 Å². The highest BCUT2D eigenvalue weighted by Gasteiger charge is 2.44. The number of nitrogens with zero attached hydrogens (tertiary/aromatic N) is 2. The molecule has 2 unspecified atom stereocenters. The predicted molar refractivity (Wildman–Crippen MR) is 85.2 cm³/mol. The van der Waals surface area contributed by atoms with E-state index >= 15 is 0 Å². The lowest BCUT2D eigenvalue weighted by atomic mass is 10.0. The van der Waals surface area contributed by atoms with Gasteiger partial charge in [0.15, 0.2) is 0 Å². The minimum absolute atomic E-state index is 0.0443. The van der Waals surface area contributed by atoms with Crippen molar-refractivity contribution in [2.45, 2.75) is 37.8 Å². The molecule has 0 spiro atoms. The molecule has 0 saturated heterocycles. The molecule has 0 aromatic heterocycles. The molecule has 0 N–H and O–H groups in total. The number of carbonyl (C=O) groups excluding carboxylic acids is 1. The van der Waals surface area contributed by atoms with E-state index in [1.165, 1.54) is 18.9 Å². The second-order valence-electron chi connectivity index (χ2n) is 7.27. The molecule has 2 aliphatic carbocycles. The fourth-order valence-corrected chi connectivity index (χ4v) is 4.31. The van der Waals surface area contributed by atoms with E-state index in [-0.39, 0.29) is 17.5 Å². The zero-order chi connectivity index (χ0) is 16.7. The summed E-state index contributed by atoms with van der Waals surface area (Å²) >= 11 is 0. The van der Waals surface area contributed by atoms with Crippen LogP contribution in [-0.4, -0.2) is 48.9 Å². The van der Waals surface area contributed by atoms with Crippen molar-refractivity contribution in [2.75, 3.05) is 21.1 Å². The first-order valence-corrected chi connectivity index (χ1v) is 8.25. The van der Waals surface area contributed by atoms with E-state index < -0.39 is 11.6 Å². The van der Waals surface area contributed by atoms with Crippen LogP contribution in [0.2, 0.25) is 0 Å². The maximum atomic E-state index is 13.8. The Morgan fingerprint density at radius 3 is 2.09 bits per heavy atom. The van der Waals surface area contributed by atoms with Crippen LogP contribution in [-0.2, 0) is 0 Å². The van der Waals surface area contributed by atoms with Crippen molar-refractivity contribution >= 4 is 5.91 Å². The number of halogens is 2. The summed E-state index contributed by atoms with van der Waals surface area (Å²) in [5, 5.41) is 0. The Balaban J connectivity index is 1.66. The third-order valence-corrected chi connectivity index (χ3v) is 5.73. The number of hydrogen-bond donors (Lipinski definition) is 0. The largest absolute Gasteiger partial charge is 0.339 e.